The minimum absolute atomic E-state index is 0.491. The van der Waals surface area contributed by atoms with Crippen LogP contribution in [-0.2, 0) is 5.75 Å². The predicted molar refractivity (Wildman–Crippen MR) is 77.0 cm³/mol. The van der Waals surface area contributed by atoms with Gasteiger partial charge in [-0.05, 0) is 35.4 Å². The third kappa shape index (κ3) is 2.66. The maximum Gasteiger partial charge on any atom is 0.209 e. The van der Waals surface area contributed by atoms with Crippen molar-refractivity contribution < 1.29 is 0 Å². The lowest BCUT2D eigenvalue weighted by Gasteiger charge is -2.00. The summed E-state index contributed by atoms with van der Waals surface area (Å²) in [6, 6.07) is 10.4. The number of tetrazole rings is 1. The highest BCUT2D eigenvalue weighted by Crippen LogP contribution is 2.35. The molecule has 2 heterocycles. The molecule has 0 radical (unpaired) electrons. The Kier molecular flexibility index (Phi) is 3.15. The summed E-state index contributed by atoms with van der Waals surface area (Å²) in [4.78, 5) is 4.32. The molecule has 0 bridgehead atoms. The molecule has 1 saturated carbocycles. The lowest BCUT2D eigenvalue weighted by Crippen LogP contribution is -2.02. The first-order valence-corrected chi connectivity index (χ1v) is 7.75. The summed E-state index contributed by atoms with van der Waals surface area (Å²) in [6.45, 7) is 0. The van der Waals surface area contributed by atoms with E-state index in [-0.39, 0.29) is 0 Å². The van der Waals surface area contributed by atoms with Crippen molar-refractivity contribution >= 4 is 11.8 Å². The van der Waals surface area contributed by atoms with Gasteiger partial charge in [-0.1, -0.05) is 30.0 Å². The zero-order valence-electron chi connectivity index (χ0n) is 11.2. The second-order valence-corrected chi connectivity index (χ2v) is 5.81. The van der Waals surface area contributed by atoms with Gasteiger partial charge in [0.25, 0.3) is 0 Å². The van der Waals surface area contributed by atoms with E-state index in [4.69, 9.17) is 0 Å². The number of aromatic nitrogens is 7. The fourth-order valence-corrected chi connectivity index (χ4v) is 2.77. The molecule has 0 spiro atoms. The fourth-order valence-electron chi connectivity index (χ4n) is 2.06. The number of thioether (sulfide) groups is 1. The lowest BCUT2D eigenvalue weighted by atomic mass is 10.3. The third-order valence-electron chi connectivity index (χ3n) is 3.28. The summed E-state index contributed by atoms with van der Waals surface area (Å²) in [5, 5.41) is 17.1. The smallest absolute Gasteiger partial charge is 0.209 e. The molecule has 21 heavy (non-hydrogen) atoms. The van der Waals surface area contributed by atoms with E-state index in [0.717, 1.165) is 16.7 Å². The van der Waals surface area contributed by atoms with Gasteiger partial charge in [0.2, 0.25) is 5.16 Å². The van der Waals surface area contributed by atoms with Crippen LogP contribution in [0.1, 0.15) is 24.7 Å². The van der Waals surface area contributed by atoms with E-state index < -0.39 is 0 Å². The van der Waals surface area contributed by atoms with E-state index in [1.165, 1.54) is 12.8 Å². The summed E-state index contributed by atoms with van der Waals surface area (Å²) < 4.78 is 3.69. The second-order valence-electron chi connectivity index (χ2n) is 4.87. The van der Waals surface area contributed by atoms with E-state index in [9.17, 15) is 0 Å². The Morgan fingerprint density at radius 1 is 1.19 bits per heavy atom. The number of rotatable bonds is 5. The van der Waals surface area contributed by atoms with Crippen LogP contribution in [0.15, 0.2) is 41.8 Å². The first kappa shape index (κ1) is 12.5. The molecule has 1 aromatic carbocycles. The summed E-state index contributed by atoms with van der Waals surface area (Å²) in [5.41, 5.74) is 1.000. The highest BCUT2D eigenvalue weighted by molar-refractivity contribution is 7.98. The van der Waals surface area contributed by atoms with Crippen LogP contribution in [-0.4, -0.2) is 35.0 Å². The van der Waals surface area contributed by atoms with Crippen molar-refractivity contribution in [2.75, 3.05) is 0 Å². The van der Waals surface area contributed by atoms with Gasteiger partial charge in [0.15, 0.2) is 5.82 Å². The predicted octanol–water partition coefficient (Wildman–Crippen LogP) is 1.88. The molecule has 4 rings (SSSR count). The SMILES string of the molecule is c1ccc(-n2cnc(SCc3nnnn3C3CC3)n2)cc1. The van der Waals surface area contributed by atoms with Crippen LogP contribution in [0.2, 0.25) is 0 Å². The molecular formula is C13H13N7S. The molecule has 1 fully saturated rings. The summed E-state index contributed by atoms with van der Waals surface area (Å²) in [6.07, 6.45) is 4.06. The van der Waals surface area contributed by atoms with Gasteiger partial charge in [-0.15, -0.1) is 10.2 Å². The number of nitrogens with zero attached hydrogens (tertiary/aromatic N) is 7. The van der Waals surface area contributed by atoms with Gasteiger partial charge in [-0.2, -0.15) is 0 Å². The molecule has 0 saturated heterocycles. The van der Waals surface area contributed by atoms with Gasteiger partial charge >= 0.3 is 0 Å². The van der Waals surface area contributed by atoms with E-state index >= 15 is 0 Å². The van der Waals surface area contributed by atoms with Crippen LogP contribution in [0, 0.1) is 0 Å². The molecule has 2 aromatic heterocycles. The Bertz CT molecular complexity index is 732. The molecule has 106 valence electrons. The highest BCUT2D eigenvalue weighted by atomic mass is 32.2. The normalized spacial score (nSPS) is 14.5. The van der Waals surface area contributed by atoms with E-state index in [0.29, 0.717) is 11.8 Å². The highest BCUT2D eigenvalue weighted by Gasteiger charge is 2.27. The monoisotopic (exact) mass is 299 g/mol. The van der Waals surface area contributed by atoms with Crippen LogP contribution in [0.25, 0.3) is 5.69 Å². The first-order chi connectivity index (χ1) is 10.4. The van der Waals surface area contributed by atoms with Crippen molar-refractivity contribution in [1.29, 1.82) is 0 Å². The largest absolute Gasteiger partial charge is 0.226 e. The quantitative estimate of drug-likeness (QED) is 0.670. The van der Waals surface area contributed by atoms with Gasteiger partial charge in [0.05, 0.1) is 17.5 Å². The van der Waals surface area contributed by atoms with Gasteiger partial charge in [0.1, 0.15) is 6.33 Å². The van der Waals surface area contributed by atoms with Crippen molar-refractivity contribution in [2.24, 2.45) is 0 Å². The molecule has 1 aliphatic rings. The molecule has 0 unspecified atom stereocenters. The van der Waals surface area contributed by atoms with Crippen molar-refractivity contribution in [3.05, 3.63) is 42.5 Å². The van der Waals surface area contributed by atoms with Gasteiger partial charge in [-0.25, -0.2) is 14.3 Å². The Morgan fingerprint density at radius 2 is 2.05 bits per heavy atom. The Hall–Kier alpha value is -2.22. The van der Waals surface area contributed by atoms with Crippen LogP contribution >= 0.6 is 11.8 Å². The van der Waals surface area contributed by atoms with Gasteiger partial charge < -0.3 is 0 Å². The molecule has 0 amide bonds. The number of benzene rings is 1. The lowest BCUT2D eigenvalue weighted by molar-refractivity contribution is 0.593. The Morgan fingerprint density at radius 3 is 2.86 bits per heavy atom. The zero-order valence-corrected chi connectivity index (χ0v) is 12.0. The number of hydrogen-bond donors (Lipinski definition) is 0. The van der Waals surface area contributed by atoms with E-state index in [1.807, 2.05) is 35.0 Å². The van der Waals surface area contributed by atoms with Crippen LogP contribution < -0.4 is 0 Å². The Labute approximate surface area is 125 Å². The summed E-state index contributed by atoms with van der Waals surface area (Å²) in [5.74, 6) is 1.57. The van der Waals surface area contributed by atoms with Crippen molar-refractivity contribution in [3.8, 4) is 5.69 Å². The van der Waals surface area contributed by atoms with Gasteiger partial charge in [0, 0.05) is 0 Å². The molecule has 0 N–H and O–H groups in total. The Balaban J connectivity index is 1.46. The van der Waals surface area contributed by atoms with Gasteiger partial charge in [-0.3, -0.25) is 0 Å². The van der Waals surface area contributed by atoms with Crippen molar-refractivity contribution in [1.82, 2.24) is 35.0 Å². The number of hydrogen-bond acceptors (Lipinski definition) is 6. The van der Waals surface area contributed by atoms with Crippen LogP contribution in [0.5, 0.6) is 0 Å². The second kappa shape index (κ2) is 5.28. The third-order valence-corrected chi connectivity index (χ3v) is 4.12. The molecule has 1 aliphatic carbocycles. The molecule has 8 heteroatoms. The van der Waals surface area contributed by atoms with E-state index in [2.05, 4.69) is 25.6 Å². The standard InChI is InChI=1S/C13H13N7S/c1-2-4-10(5-3-1)19-9-14-13(16-19)21-8-12-15-17-18-20(12)11-6-7-11/h1-5,9,11H,6-8H2. The first-order valence-electron chi connectivity index (χ1n) is 6.77. The summed E-state index contributed by atoms with van der Waals surface area (Å²) in [7, 11) is 0. The van der Waals surface area contributed by atoms with E-state index in [1.54, 1.807) is 22.8 Å². The molecular weight excluding hydrogens is 286 g/mol. The molecule has 7 nitrogen and oxygen atoms in total. The average molecular weight is 299 g/mol. The maximum absolute atomic E-state index is 4.46. The average Bonchev–Trinajstić information content (AvgIpc) is 3.09. The molecule has 0 atom stereocenters. The van der Waals surface area contributed by atoms with Crippen molar-refractivity contribution in [2.45, 2.75) is 29.8 Å². The maximum atomic E-state index is 4.46. The fraction of sp³-hybridized carbons (Fsp3) is 0.308. The van der Waals surface area contributed by atoms with Crippen LogP contribution in [0.4, 0.5) is 0 Å². The molecule has 3 aromatic rings. The van der Waals surface area contributed by atoms with Crippen LogP contribution in [0.3, 0.4) is 0 Å². The molecule has 0 aliphatic heterocycles. The topological polar surface area (TPSA) is 74.3 Å². The minimum atomic E-state index is 0.491. The van der Waals surface area contributed by atoms with Crippen molar-refractivity contribution in [3.63, 3.8) is 0 Å². The zero-order chi connectivity index (χ0) is 14.1. The number of para-hydroxylation sites is 1. The minimum Gasteiger partial charge on any atom is -0.226 e. The summed E-state index contributed by atoms with van der Waals surface area (Å²) >= 11 is 1.55.